The van der Waals surface area contributed by atoms with E-state index in [1.807, 2.05) is 0 Å². The number of hydrogen-bond acceptors (Lipinski definition) is 3. The number of rotatable bonds is 6. The average molecular weight is 410 g/mol. The molecule has 5 rings (SSSR count). The summed E-state index contributed by atoms with van der Waals surface area (Å²) >= 11 is 6.01. The topological polar surface area (TPSA) is 63.2 Å². The number of amides is 1. The third kappa shape index (κ3) is 3.77. The Hall–Kier alpha value is -1.07. The highest BCUT2D eigenvalue weighted by molar-refractivity contribution is 7.91. The van der Waals surface area contributed by atoms with E-state index in [0.717, 1.165) is 17.8 Å². The van der Waals surface area contributed by atoms with Crippen LogP contribution in [0, 0.1) is 23.2 Å². The lowest BCUT2D eigenvalue weighted by Gasteiger charge is -2.59. The van der Waals surface area contributed by atoms with Crippen LogP contribution in [-0.4, -0.2) is 26.1 Å². The van der Waals surface area contributed by atoms with Crippen LogP contribution in [0.25, 0.3) is 0 Å². The van der Waals surface area contributed by atoms with Gasteiger partial charge in [-0.2, -0.15) is 0 Å². The molecular weight excluding hydrogens is 382 g/mol. The Morgan fingerprint density at radius 2 is 1.70 bits per heavy atom. The molecule has 1 amide bonds. The molecule has 1 atom stereocenters. The standard InChI is InChI=1S/C21H28ClNO3S/c1-14(21-11-15-8-16(12-21)10-17(9-15)13-21)23-20(24)6-7-27(25,26)19-5-3-2-4-18(19)22/h2-5,14-17H,6-13H2,1H3,(H,23,24)/t14-,15?,16?,17?,21?/m1/s1. The van der Waals surface area contributed by atoms with E-state index in [1.165, 1.54) is 44.6 Å². The van der Waals surface area contributed by atoms with Crippen LogP contribution in [0.4, 0.5) is 0 Å². The minimum atomic E-state index is -3.56. The Balaban J connectivity index is 1.36. The van der Waals surface area contributed by atoms with E-state index in [4.69, 9.17) is 11.6 Å². The van der Waals surface area contributed by atoms with Gasteiger partial charge in [0.2, 0.25) is 5.91 Å². The number of carbonyl (C=O) groups is 1. The van der Waals surface area contributed by atoms with Gasteiger partial charge in [-0.15, -0.1) is 0 Å². The van der Waals surface area contributed by atoms with Crippen molar-refractivity contribution in [1.82, 2.24) is 5.32 Å². The summed E-state index contributed by atoms with van der Waals surface area (Å²) in [7, 11) is -3.56. The van der Waals surface area contributed by atoms with Gasteiger partial charge in [-0.3, -0.25) is 4.79 Å². The smallest absolute Gasteiger partial charge is 0.221 e. The molecule has 4 aliphatic rings. The lowest BCUT2D eigenvalue weighted by atomic mass is 9.48. The molecule has 27 heavy (non-hydrogen) atoms. The molecule has 0 spiro atoms. The van der Waals surface area contributed by atoms with Gasteiger partial charge in [0.05, 0.1) is 15.7 Å². The van der Waals surface area contributed by atoms with Crippen molar-refractivity contribution in [3.8, 4) is 0 Å². The number of sulfone groups is 1. The molecule has 0 radical (unpaired) electrons. The predicted molar refractivity (Wildman–Crippen MR) is 106 cm³/mol. The molecule has 0 aliphatic heterocycles. The minimum absolute atomic E-state index is 0.0235. The Kier molecular flexibility index (Phi) is 5.04. The summed E-state index contributed by atoms with van der Waals surface area (Å²) in [6.07, 6.45) is 7.75. The van der Waals surface area contributed by atoms with E-state index in [-0.39, 0.29) is 39.5 Å². The summed E-state index contributed by atoms with van der Waals surface area (Å²) in [5.74, 6) is 2.10. The number of halogens is 1. The van der Waals surface area contributed by atoms with Crippen molar-refractivity contribution in [2.24, 2.45) is 23.2 Å². The molecule has 4 bridgehead atoms. The molecule has 4 aliphatic carbocycles. The molecule has 6 heteroatoms. The zero-order valence-electron chi connectivity index (χ0n) is 15.8. The first-order valence-corrected chi connectivity index (χ1v) is 12.1. The molecule has 4 fully saturated rings. The molecule has 0 saturated heterocycles. The van der Waals surface area contributed by atoms with Crippen LogP contribution in [0.2, 0.25) is 5.02 Å². The Morgan fingerprint density at radius 3 is 2.26 bits per heavy atom. The van der Waals surface area contributed by atoms with E-state index >= 15 is 0 Å². The molecule has 4 nitrogen and oxygen atoms in total. The van der Waals surface area contributed by atoms with Gasteiger partial charge >= 0.3 is 0 Å². The van der Waals surface area contributed by atoms with Crippen LogP contribution in [0.1, 0.15) is 51.9 Å². The van der Waals surface area contributed by atoms with Crippen LogP contribution < -0.4 is 5.32 Å². The van der Waals surface area contributed by atoms with Crippen molar-refractivity contribution in [2.45, 2.75) is 62.8 Å². The fourth-order valence-corrected chi connectivity index (χ4v) is 8.02. The summed E-state index contributed by atoms with van der Waals surface area (Å²) in [5, 5.41) is 3.35. The molecule has 1 aromatic rings. The fourth-order valence-electron chi connectivity index (χ4n) is 6.21. The van der Waals surface area contributed by atoms with Crippen LogP contribution >= 0.6 is 11.6 Å². The van der Waals surface area contributed by atoms with Gasteiger partial charge in [0, 0.05) is 12.5 Å². The van der Waals surface area contributed by atoms with Crippen molar-refractivity contribution in [1.29, 1.82) is 0 Å². The van der Waals surface area contributed by atoms with E-state index in [2.05, 4.69) is 12.2 Å². The number of carbonyl (C=O) groups excluding carboxylic acids is 1. The van der Waals surface area contributed by atoms with Crippen molar-refractivity contribution >= 4 is 27.3 Å². The van der Waals surface area contributed by atoms with Crippen LogP contribution in [0.15, 0.2) is 29.2 Å². The molecule has 148 valence electrons. The van der Waals surface area contributed by atoms with Gasteiger partial charge in [-0.25, -0.2) is 8.42 Å². The molecule has 1 N–H and O–H groups in total. The molecular formula is C21H28ClNO3S. The van der Waals surface area contributed by atoms with E-state index < -0.39 is 9.84 Å². The molecule has 0 heterocycles. The first kappa shape index (κ1) is 19.3. The lowest BCUT2D eigenvalue weighted by molar-refractivity contribution is -0.125. The highest BCUT2D eigenvalue weighted by atomic mass is 35.5. The largest absolute Gasteiger partial charge is 0.353 e. The van der Waals surface area contributed by atoms with Gasteiger partial charge in [0.25, 0.3) is 0 Å². The van der Waals surface area contributed by atoms with Gasteiger partial charge in [-0.1, -0.05) is 23.7 Å². The first-order valence-electron chi connectivity index (χ1n) is 10.0. The number of hydrogen-bond donors (Lipinski definition) is 1. The summed E-state index contributed by atoms with van der Waals surface area (Å²) < 4.78 is 25.0. The van der Waals surface area contributed by atoms with Crippen molar-refractivity contribution in [3.63, 3.8) is 0 Å². The van der Waals surface area contributed by atoms with Crippen molar-refractivity contribution in [2.75, 3.05) is 5.75 Å². The van der Waals surface area contributed by atoms with Crippen LogP contribution in [0.3, 0.4) is 0 Å². The highest BCUT2D eigenvalue weighted by Crippen LogP contribution is 2.61. The lowest BCUT2D eigenvalue weighted by Crippen LogP contribution is -2.55. The second-order valence-corrected chi connectivity index (χ2v) is 11.6. The third-order valence-electron chi connectivity index (χ3n) is 7.15. The maximum Gasteiger partial charge on any atom is 0.221 e. The first-order chi connectivity index (χ1) is 12.8. The zero-order chi connectivity index (χ0) is 19.2. The predicted octanol–water partition coefficient (Wildman–Crippen LogP) is 4.22. The summed E-state index contributed by atoms with van der Waals surface area (Å²) in [5.41, 5.74) is 0.228. The SMILES string of the molecule is C[C@@H](NC(=O)CCS(=O)(=O)c1ccccc1Cl)C12CC3CC(CC(C3)C1)C2. The molecule has 0 aromatic heterocycles. The quantitative estimate of drug-likeness (QED) is 0.764. The minimum Gasteiger partial charge on any atom is -0.353 e. The summed E-state index contributed by atoms with van der Waals surface area (Å²) in [6.45, 7) is 2.12. The van der Waals surface area contributed by atoms with Crippen LogP contribution in [-0.2, 0) is 14.6 Å². The van der Waals surface area contributed by atoms with E-state index in [1.54, 1.807) is 18.2 Å². The maximum absolute atomic E-state index is 12.5. The van der Waals surface area contributed by atoms with Crippen molar-refractivity contribution < 1.29 is 13.2 Å². The normalized spacial score (nSPS) is 33.0. The molecule has 4 saturated carbocycles. The fraction of sp³-hybridized carbons (Fsp3) is 0.667. The Morgan fingerprint density at radius 1 is 1.15 bits per heavy atom. The zero-order valence-corrected chi connectivity index (χ0v) is 17.4. The van der Waals surface area contributed by atoms with E-state index in [0.29, 0.717) is 0 Å². The van der Waals surface area contributed by atoms with Gasteiger partial charge < -0.3 is 5.32 Å². The van der Waals surface area contributed by atoms with E-state index in [9.17, 15) is 13.2 Å². The maximum atomic E-state index is 12.5. The second-order valence-electron chi connectivity index (χ2n) is 9.07. The highest BCUT2D eigenvalue weighted by Gasteiger charge is 2.53. The summed E-state index contributed by atoms with van der Waals surface area (Å²) in [4.78, 5) is 12.6. The Bertz CT molecular complexity index is 800. The third-order valence-corrected chi connectivity index (χ3v) is 9.36. The van der Waals surface area contributed by atoms with Gasteiger partial charge in [0.15, 0.2) is 9.84 Å². The summed E-state index contributed by atoms with van der Waals surface area (Å²) in [6, 6.07) is 6.51. The molecule has 0 unspecified atom stereocenters. The monoisotopic (exact) mass is 409 g/mol. The van der Waals surface area contributed by atoms with Gasteiger partial charge in [-0.05, 0) is 80.8 Å². The van der Waals surface area contributed by atoms with Crippen LogP contribution in [0.5, 0.6) is 0 Å². The molecule has 1 aromatic carbocycles. The second kappa shape index (κ2) is 7.07. The van der Waals surface area contributed by atoms with Crippen molar-refractivity contribution in [3.05, 3.63) is 29.3 Å². The number of benzene rings is 1. The average Bonchev–Trinajstić information content (AvgIpc) is 2.59. The Labute approximate surface area is 167 Å². The van der Waals surface area contributed by atoms with Gasteiger partial charge in [0.1, 0.15) is 0 Å². The number of nitrogens with one attached hydrogen (secondary N) is 1.